The number of carboxylic acids is 1. The number of hydrogen-bond acceptors (Lipinski definition) is 2. The van der Waals surface area contributed by atoms with Crippen molar-refractivity contribution in [2.45, 2.75) is 38.6 Å². The lowest BCUT2D eigenvalue weighted by Crippen LogP contribution is -2.58. The molecule has 1 atom stereocenters. The van der Waals surface area contributed by atoms with Gasteiger partial charge in [-0.05, 0) is 50.8 Å². The van der Waals surface area contributed by atoms with Crippen LogP contribution in [0.4, 0.5) is 10.5 Å². The Morgan fingerprint density at radius 1 is 1.38 bits per heavy atom. The van der Waals surface area contributed by atoms with Crippen molar-refractivity contribution in [3.05, 3.63) is 28.8 Å². The monoisotopic (exact) mass is 310 g/mol. The maximum Gasteiger partial charge on any atom is 0.329 e. The number of carbonyl (C=O) groups is 2. The van der Waals surface area contributed by atoms with Crippen molar-refractivity contribution in [2.75, 3.05) is 11.9 Å². The van der Waals surface area contributed by atoms with Crippen LogP contribution in [-0.2, 0) is 4.79 Å². The summed E-state index contributed by atoms with van der Waals surface area (Å²) in [5.41, 5.74) is 0.210. The van der Waals surface area contributed by atoms with E-state index in [9.17, 15) is 14.7 Å². The van der Waals surface area contributed by atoms with Gasteiger partial charge in [0.15, 0.2) is 0 Å². The Balaban J connectivity index is 2.22. The van der Waals surface area contributed by atoms with Crippen LogP contribution >= 0.6 is 11.6 Å². The molecule has 1 heterocycles. The van der Waals surface area contributed by atoms with Crippen LogP contribution in [-0.4, -0.2) is 34.1 Å². The number of nitrogens with zero attached hydrogens (tertiary/aromatic N) is 1. The second kappa shape index (κ2) is 5.93. The summed E-state index contributed by atoms with van der Waals surface area (Å²) < 4.78 is 0. The molecule has 1 aromatic rings. The summed E-state index contributed by atoms with van der Waals surface area (Å²) >= 11 is 6.03. The van der Waals surface area contributed by atoms with Crippen LogP contribution in [0.2, 0.25) is 5.02 Å². The third-order valence-electron chi connectivity index (χ3n) is 4.11. The van der Waals surface area contributed by atoms with Gasteiger partial charge >= 0.3 is 12.0 Å². The fraction of sp³-hybridized carbons (Fsp3) is 0.467. The highest BCUT2D eigenvalue weighted by molar-refractivity contribution is 6.31. The summed E-state index contributed by atoms with van der Waals surface area (Å²) in [5, 5.41) is 12.8. The zero-order chi connectivity index (χ0) is 15.6. The van der Waals surface area contributed by atoms with E-state index in [1.807, 2.05) is 6.92 Å². The molecular weight excluding hydrogens is 292 g/mol. The number of piperidine rings is 1. The fourth-order valence-corrected chi connectivity index (χ4v) is 2.77. The van der Waals surface area contributed by atoms with Gasteiger partial charge in [-0.25, -0.2) is 9.59 Å². The van der Waals surface area contributed by atoms with Gasteiger partial charge in [0.2, 0.25) is 0 Å². The van der Waals surface area contributed by atoms with Crippen molar-refractivity contribution in [3.63, 3.8) is 0 Å². The van der Waals surface area contributed by atoms with Crippen molar-refractivity contribution in [1.29, 1.82) is 0 Å². The zero-order valence-electron chi connectivity index (χ0n) is 12.1. The number of anilines is 1. The molecule has 2 N–H and O–H groups in total. The summed E-state index contributed by atoms with van der Waals surface area (Å²) in [5.74, 6) is -0.972. The standard InChI is InChI=1S/C15H19ClN2O3/c1-10-11(16)6-5-7-12(10)17-14(21)18-9-4-3-8-15(18,2)13(19)20/h5-7H,3-4,8-9H2,1-2H3,(H,17,21)(H,19,20). The molecule has 1 unspecified atom stereocenters. The smallest absolute Gasteiger partial charge is 0.329 e. The molecule has 5 nitrogen and oxygen atoms in total. The lowest BCUT2D eigenvalue weighted by Gasteiger charge is -2.41. The average molecular weight is 311 g/mol. The highest BCUT2D eigenvalue weighted by atomic mass is 35.5. The Hall–Kier alpha value is -1.75. The molecule has 21 heavy (non-hydrogen) atoms. The minimum Gasteiger partial charge on any atom is -0.480 e. The second-order valence-corrected chi connectivity index (χ2v) is 5.94. The SMILES string of the molecule is Cc1c(Cl)cccc1NC(=O)N1CCCCC1(C)C(=O)O. The van der Waals surface area contributed by atoms with Gasteiger partial charge in [0, 0.05) is 17.3 Å². The summed E-state index contributed by atoms with van der Waals surface area (Å²) in [6.45, 7) is 3.84. The molecule has 2 rings (SSSR count). The molecule has 2 amide bonds. The van der Waals surface area contributed by atoms with Crippen LogP contribution in [0.3, 0.4) is 0 Å². The van der Waals surface area contributed by atoms with E-state index in [4.69, 9.17) is 11.6 Å². The van der Waals surface area contributed by atoms with Crippen molar-refractivity contribution < 1.29 is 14.7 Å². The molecule has 0 radical (unpaired) electrons. The summed E-state index contributed by atoms with van der Waals surface area (Å²) in [6, 6.07) is 4.85. The predicted molar refractivity (Wildman–Crippen MR) is 81.8 cm³/mol. The van der Waals surface area contributed by atoms with Crippen LogP contribution in [0.15, 0.2) is 18.2 Å². The minimum absolute atomic E-state index is 0.398. The van der Waals surface area contributed by atoms with Crippen LogP contribution in [0, 0.1) is 6.92 Å². The van der Waals surface area contributed by atoms with Gasteiger partial charge < -0.3 is 15.3 Å². The Bertz CT molecular complexity index is 576. The third kappa shape index (κ3) is 2.97. The van der Waals surface area contributed by atoms with Crippen molar-refractivity contribution in [3.8, 4) is 0 Å². The number of aliphatic carboxylic acids is 1. The van der Waals surface area contributed by atoms with Crippen LogP contribution < -0.4 is 5.32 Å². The largest absolute Gasteiger partial charge is 0.480 e. The van der Waals surface area contributed by atoms with Crippen molar-refractivity contribution in [1.82, 2.24) is 4.90 Å². The maximum absolute atomic E-state index is 12.5. The number of carbonyl (C=O) groups excluding carboxylic acids is 1. The van der Waals surface area contributed by atoms with E-state index >= 15 is 0 Å². The van der Waals surface area contributed by atoms with Crippen LogP contribution in [0.5, 0.6) is 0 Å². The number of halogens is 1. The first-order chi connectivity index (χ1) is 9.86. The van der Waals surface area contributed by atoms with Crippen molar-refractivity contribution >= 4 is 29.3 Å². The second-order valence-electron chi connectivity index (χ2n) is 5.53. The van der Waals surface area contributed by atoms with Crippen LogP contribution in [0.1, 0.15) is 31.7 Å². The highest BCUT2D eigenvalue weighted by Gasteiger charge is 2.44. The molecule has 114 valence electrons. The quantitative estimate of drug-likeness (QED) is 0.878. The van der Waals surface area contributed by atoms with Gasteiger partial charge in [-0.15, -0.1) is 0 Å². The van der Waals surface area contributed by atoms with Gasteiger partial charge in [0.1, 0.15) is 5.54 Å². The van der Waals surface area contributed by atoms with Gasteiger partial charge in [-0.2, -0.15) is 0 Å². The molecule has 0 bridgehead atoms. The Kier molecular flexibility index (Phi) is 4.42. The Morgan fingerprint density at radius 3 is 2.76 bits per heavy atom. The van der Waals surface area contributed by atoms with Gasteiger partial charge in [-0.3, -0.25) is 0 Å². The molecule has 1 aromatic carbocycles. The number of hydrogen-bond donors (Lipinski definition) is 2. The predicted octanol–water partition coefficient (Wildman–Crippen LogP) is 3.51. The molecular formula is C15H19ClN2O3. The van der Waals surface area contributed by atoms with E-state index < -0.39 is 17.5 Å². The van der Waals surface area contributed by atoms with Crippen molar-refractivity contribution in [2.24, 2.45) is 0 Å². The molecule has 1 saturated heterocycles. The van der Waals surface area contributed by atoms with Crippen LogP contribution in [0.25, 0.3) is 0 Å². The number of nitrogens with one attached hydrogen (secondary N) is 1. The van der Waals surface area contributed by atoms with E-state index in [0.717, 1.165) is 18.4 Å². The lowest BCUT2D eigenvalue weighted by molar-refractivity contribution is -0.150. The summed E-state index contributed by atoms with van der Waals surface area (Å²) in [4.78, 5) is 25.4. The van der Waals surface area contributed by atoms with E-state index in [2.05, 4.69) is 5.32 Å². The molecule has 0 aromatic heterocycles. The Labute approximate surface area is 128 Å². The minimum atomic E-state index is -1.16. The highest BCUT2D eigenvalue weighted by Crippen LogP contribution is 2.30. The first-order valence-electron chi connectivity index (χ1n) is 6.93. The topological polar surface area (TPSA) is 69.6 Å². The number of urea groups is 1. The molecule has 1 aliphatic heterocycles. The molecule has 6 heteroatoms. The zero-order valence-corrected chi connectivity index (χ0v) is 12.9. The lowest BCUT2D eigenvalue weighted by atomic mass is 9.89. The van der Waals surface area contributed by atoms with E-state index in [0.29, 0.717) is 23.7 Å². The number of likely N-dealkylation sites (tertiary alicyclic amines) is 1. The van der Waals surface area contributed by atoms with Gasteiger partial charge in [-0.1, -0.05) is 17.7 Å². The first-order valence-corrected chi connectivity index (χ1v) is 7.31. The Morgan fingerprint density at radius 2 is 2.10 bits per heavy atom. The number of amides is 2. The molecule has 1 aliphatic rings. The molecule has 0 saturated carbocycles. The van der Waals surface area contributed by atoms with E-state index in [-0.39, 0.29) is 0 Å². The number of benzene rings is 1. The van der Waals surface area contributed by atoms with E-state index in [1.54, 1.807) is 25.1 Å². The number of rotatable bonds is 2. The molecule has 1 fully saturated rings. The van der Waals surface area contributed by atoms with E-state index in [1.165, 1.54) is 4.90 Å². The summed E-state index contributed by atoms with van der Waals surface area (Å²) in [7, 11) is 0. The third-order valence-corrected chi connectivity index (χ3v) is 4.52. The molecule has 0 spiro atoms. The average Bonchev–Trinajstić information content (AvgIpc) is 2.44. The van der Waals surface area contributed by atoms with Gasteiger partial charge in [0.05, 0.1) is 0 Å². The molecule has 0 aliphatic carbocycles. The van der Waals surface area contributed by atoms with Gasteiger partial charge in [0.25, 0.3) is 0 Å². The number of carboxylic acid groups (broad SMARTS) is 1. The normalized spacial score (nSPS) is 22.0. The fourth-order valence-electron chi connectivity index (χ4n) is 2.59. The maximum atomic E-state index is 12.5. The summed E-state index contributed by atoms with van der Waals surface area (Å²) in [6.07, 6.45) is 2.08. The first kappa shape index (κ1) is 15.6.